The van der Waals surface area contributed by atoms with Crippen LogP contribution in [-0.4, -0.2) is 0 Å². The number of fused-ring (bicyclic) bond motifs is 8. The van der Waals surface area contributed by atoms with Crippen molar-refractivity contribution in [3.63, 3.8) is 0 Å². The second-order valence-electron chi connectivity index (χ2n) is 22.6. The molecular weight excluding hydrogens is 965 g/mol. The summed E-state index contributed by atoms with van der Waals surface area (Å²) in [7, 11) is 0. The lowest BCUT2D eigenvalue weighted by molar-refractivity contribution is 0.660. The molecule has 14 rings (SSSR count). The van der Waals surface area contributed by atoms with Crippen LogP contribution in [0, 0.1) is 0 Å². The molecule has 2 nitrogen and oxygen atoms in total. The second-order valence-corrected chi connectivity index (χ2v) is 22.6. The van der Waals surface area contributed by atoms with Crippen LogP contribution in [0.3, 0.4) is 0 Å². The number of benzene rings is 12. The minimum absolute atomic E-state index is 0.177. The van der Waals surface area contributed by atoms with E-state index in [0.29, 0.717) is 0 Å². The summed E-state index contributed by atoms with van der Waals surface area (Å²) in [4.78, 5) is 4.82. The van der Waals surface area contributed by atoms with E-state index < -0.39 is 0 Å². The average Bonchev–Trinajstić information content (AvgIpc) is 3.92. The first-order chi connectivity index (χ1) is 39.2. The first-order valence-corrected chi connectivity index (χ1v) is 28.0. The summed E-state index contributed by atoms with van der Waals surface area (Å²) in [6, 6.07) is 97.9. The van der Waals surface area contributed by atoms with Crippen LogP contribution in [0.5, 0.6) is 0 Å². The lowest BCUT2D eigenvalue weighted by Crippen LogP contribution is -2.16. The predicted octanol–water partition coefficient (Wildman–Crippen LogP) is 21.6. The van der Waals surface area contributed by atoms with Gasteiger partial charge in [0, 0.05) is 44.4 Å². The van der Waals surface area contributed by atoms with Crippen molar-refractivity contribution in [2.45, 2.75) is 38.5 Å². The Morgan fingerprint density at radius 1 is 0.263 bits per heavy atom. The van der Waals surface area contributed by atoms with Gasteiger partial charge in [-0.05, 0) is 149 Å². The van der Waals surface area contributed by atoms with Crippen molar-refractivity contribution in [1.82, 2.24) is 0 Å². The Labute approximate surface area is 470 Å². The lowest BCUT2D eigenvalue weighted by atomic mass is 9.81. The Morgan fingerprint density at radius 2 is 0.588 bits per heavy atom. The molecule has 0 N–H and O–H groups in total. The van der Waals surface area contributed by atoms with Gasteiger partial charge in [0.15, 0.2) is 0 Å². The molecule has 0 aliphatic heterocycles. The molecule has 80 heavy (non-hydrogen) atoms. The second kappa shape index (κ2) is 19.6. The Bertz CT molecular complexity index is 4090. The van der Waals surface area contributed by atoms with Gasteiger partial charge in [0.2, 0.25) is 0 Å². The third kappa shape index (κ3) is 8.52. The van der Waals surface area contributed by atoms with Gasteiger partial charge < -0.3 is 9.80 Å². The van der Waals surface area contributed by atoms with Crippen LogP contribution in [0.4, 0.5) is 34.1 Å². The van der Waals surface area contributed by atoms with Crippen LogP contribution in [0.15, 0.2) is 267 Å². The molecule has 2 aliphatic rings. The number of nitrogens with zero attached hydrogens (tertiary/aromatic N) is 2. The van der Waals surface area contributed by atoms with Crippen molar-refractivity contribution < 1.29 is 0 Å². The first-order valence-electron chi connectivity index (χ1n) is 28.0. The van der Waals surface area contributed by atoms with E-state index in [-0.39, 0.29) is 10.8 Å². The molecule has 0 unspecified atom stereocenters. The van der Waals surface area contributed by atoms with Crippen molar-refractivity contribution >= 4 is 80.0 Å². The van der Waals surface area contributed by atoms with E-state index in [1.54, 1.807) is 0 Å². The maximum absolute atomic E-state index is 2.42. The molecule has 0 radical (unpaired) electrons. The molecule has 0 saturated carbocycles. The molecular formula is C78H60N2. The topological polar surface area (TPSA) is 6.48 Å². The fraction of sp³-hybridized carbons (Fsp3) is 0.0769. The van der Waals surface area contributed by atoms with E-state index in [1.165, 1.54) is 111 Å². The molecule has 2 aliphatic carbocycles. The number of rotatable bonds is 11. The summed E-state index contributed by atoms with van der Waals surface area (Å²) in [5.41, 5.74) is 24.4. The molecule has 0 atom stereocenters. The molecule has 0 amide bonds. The zero-order valence-electron chi connectivity index (χ0n) is 45.6. The van der Waals surface area contributed by atoms with Gasteiger partial charge in [-0.3, -0.25) is 0 Å². The Kier molecular flexibility index (Phi) is 11.9. The lowest BCUT2D eigenvalue weighted by Gasteiger charge is -2.29. The molecule has 0 fully saturated rings. The van der Waals surface area contributed by atoms with Gasteiger partial charge in [-0.15, -0.1) is 0 Å². The highest BCUT2D eigenvalue weighted by atomic mass is 15.1. The zero-order valence-corrected chi connectivity index (χ0v) is 45.6. The number of hydrogen-bond donors (Lipinski definition) is 0. The SMILES string of the molecule is CC1(C)c2cc(C=Cc3ccc(-c4ccc(C=Cc5ccc6c(c5)C(C)(C)c5cc(N(c7ccccc7)c7cccc8ccccc78)ccc5-6)cc4)cc3)ccc2-c2ccc(N(c3ccccc3)c3cccc4ccccc34)cc21. The van der Waals surface area contributed by atoms with E-state index in [1.807, 2.05) is 0 Å². The van der Waals surface area contributed by atoms with Crippen LogP contribution in [0.1, 0.15) is 72.2 Å². The van der Waals surface area contributed by atoms with Gasteiger partial charge in [0.25, 0.3) is 0 Å². The zero-order chi connectivity index (χ0) is 54.0. The van der Waals surface area contributed by atoms with E-state index in [0.717, 1.165) is 22.7 Å². The van der Waals surface area contributed by atoms with Crippen LogP contribution in [0.2, 0.25) is 0 Å². The highest BCUT2D eigenvalue weighted by Gasteiger charge is 2.38. The quantitative estimate of drug-likeness (QED) is 0.119. The largest absolute Gasteiger partial charge is 0.310 e. The van der Waals surface area contributed by atoms with E-state index >= 15 is 0 Å². The predicted molar refractivity (Wildman–Crippen MR) is 342 cm³/mol. The van der Waals surface area contributed by atoms with Crippen molar-refractivity contribution in [2.75, 3.05) is 9.80 Å². The smallest absolute Gasteiger partial charge is 0.0540 e. The summed E-state index contributed by atoms with van der Waals surface area (Å²) in [6.07, 6.45) is 8.97. The summed E-state index contributed by atoms with van der Waals surface area (Å²) in [5.74, 6) is 0. The summed E-state index contributed by atoms with van der Waals surface area (Å²) in [6.45, 7) is 9.49. The van der Waals surface area contributed by atoms with Crippen molar-refractivity contribution in [2.24, 2.45) is 0 Å². The normalized spacial score (nSPS) is 13.6. The number of hydrogen-bond acceptors (Lipinski definition) is 2. The van der Waals surface area contributed by atoms with Crippen molar-refractivity contribution in [3.8, 4) is 33.4 Å². The molecule has 12 aromatic rings. The van der Waals surface area contributed by atoms with Crippen LogP contribution in [-0.2, 0) is 10.8 Å². The van der Waals surface area contributed by atoms with Crippen LogP contribution < -0.4 is 9.80 Å². The molecule has 0 aromatic heterocycles. The maximum Gasteiger partial charge on any atom is 0.0540 e. The highest BCUT2D eigenvalue weighted by Crippen LogP contribution is 2.53. The molecule has 0 bridgehead atoms. The standard InChI is InChI=1S/C78H60N2/c1-77(2)71-49-55(37-45-67(71)69-47-43-63(51-73(69)77)79(61-21-7-5-8-22-61)75-27-15-19-59-17-11-13-25-65(59)75)31-29-53-33-39-57(40-34-53)58-41-35-54(36-42-58)30-32-56-38-46-68-70-48-44-64(52-74(70)78(3,4)72(68)50-56)80(62-23-9-6-10-24-62)76-28-16-20-60-18-12-14-26-66(60)76/h5-52H,1-4H3. The van der Waals surface area contributed by atoms with E-state index in [4.69, 9.17) is 0 Å². The Hall–Kier alpha value is -9.76. The molecule has 0 saturated heterocycles. The monoisotopic (exact) mass is 1020 g/mol. The van der Waals surface area contributed by atoms with Gasteiger partial charge in [0.1, 0.15) is 0 Å². The van der Waals surface area contributed by atoms with E-state index in [2.05, 4.69) is 329 Å². The molecule has 2 heteroatoms. The summed E-state index contributed by atoms with van der Waals surface area (Å²) in [5, 5.41) is 4.92. The number of anilines is 6. The average molecular weight is 1030 g/mol. The third-order valence-corrected chi connectivity index (χ3v) is 17.0. The first kappa shape index (κ1) is 48.6. The Morgan fingerprint density at radius 3 is 1.00 bits per heavy atom. The fourth-order valence-electron chi connectivity index (χ4n) is 12.7. The summed E-state index contributed by atoms with van der Waals surface area (Å²) < 4.78 is 0. The van der Waals surface area contributed by atoms with Gasteiger partial charge >= 0.3 is 0 Å². The molecule has 382 valence electrons. The van der Waals surface area contributed by atoms with Crippen LogP contribution >= 0.6 is 0 Å². The van der Waals surface area contributed by atoms with E-state index in [9.17, 15) is 0 Å². The molecule has 0 spiro atoms. The van der Waals surface area contributed by atoms with Gasteiger partial charge in [-0.2, -0.15) is 0 Å². The third-order valence-electron chi connectivity index (χ3n) is 17.0. The van der Waals surface area contributed by atoms with Gasteiger partial charge in [0.05, 0.1) is 11.4 Å². The molecule has 12 aromatic carbocycles. The molecule has 0 heterocycles. The number of para-hydroxylation sites is 2. The van der Waals surface area contributed by atoms with Crippen molar-refractivity contribution in [1.29, 1.82) is 0 Å². The maximum atomic E-state index is 2.42. The fourth-order valence-corrected chi connectivity index (χ4v) is 12.7. The van der Waals surface area contributed by atoms with Gasteiger partial charge in [-0.25, -0.2) is 0 Å². The minimum atomic E-state index is -0.177. The van der Waals surface area contributed by atoms with Gasteiger partial charge in [-0.1, -0.05) is 258 Å². The van der Waals surface area contributed by atoms with Crippen LogP contribution in [0.25, 0.3) is 79.2 Å². The minimum Gasteiger partial charge on any atom is -0.310 e. The highest BCUT2D eigenvalue weighted by molar-refractivity contribution is 6.01. The van der Waals surface area contributed by atoms with Crippen molar-refractivity contribution in [3.05, 3.63) is 311 Å². The summed E-state index contributed by atoms with van der Waals surface area (Å²) >= 11 is 0. The Balaban J connectivity index is 0.661.